The lowest BCUT2D eigenvalue weighted by Gasteiger charge is -2.06. The zero-order chi connectivity index (χ0) is 25.2. The van der Waals surface area contributed by atoms with Gasteiger partial charge in [0.05, 0.1) is 0 Å². The number of fused-ring (bicyclic) bond motifs is 1. The minimum Gasteiger partial charge on any atom is -0.0654 e. The highest BCUT2D eigenvalue weighted by molar-refractivity contribution is 5.85. The average Bonchev–Trinajstić information content (AvgIpc) is 2.93. The lowest BCUT2D eigenvalue weighted by Crippen LogP contribution is -1.92. The summed E-state index contributed by atoms with van der Waals surface area (Å²) in [5.74, 6) is 13.5. The third kappa shape index (κ3) is 6.90. The first-order chi connectivity index (χ1) is 17.7. The fourth-order valence-electron chi connectivity index (χ4n) is 4.42. The molecule has 0 bridgehead atoms. The molecule has 0 fully saturated rings. The number of rotatable bonds is 7. The molecule has 0 aliphatic rings. The van der Waals surface area contributed by atoms with Crippen LogP contribution in [0.15, 0.2) is 78.9 Å². The van der Waals surface area contributed by atoms with Crippen molar-refractivity contribution in [2.24, 2.45) is 0 Å². The molecule has 0 unspecified atom stereocenters. The van der Waals surface area contributed by atoms with Gasteiger partial charge in [-0.3, -0.25) is 0 Å². The van der Waals surface area contributed by atoms with Gasteiger partial charge in [0.1, 0.15) is 0 Å². The van der Waals surface area contributed by atoms with Crippen molar-refractivity contribution in [3.8, 4) is 23.7 Å². The third-order valence-electron chi connectivity index (χ3n) is 6.68. The van der Waals surface area contributed by atoms with E-state index in [1.807, 2.05) is 0 Å². The van der Waals surface area contributed by atoms with Crippen LogP contribution in [0.3, 0.4) is 0 Å². The summed E-state index contributed by atoms with van der Waals surface area (Å²) in [4.78, 5) is 0. The van der Waals surface area contributed by atoms with Gasteiger partial charge in [-0.15, -0.1) is 0 Å². The van der Waals surface area contributed by atoms with Crippen LogP contribution in [-0.2, 0) is 19.3 Å². The summed E-state index contributed by atoms with van der Waals surface area (Å²) < 4.78 is 0. The third-order valence-corrected chi connectivity index (χ3v) is 6.68. The van der Waals surface area contributed by atoms with E-state index in [0.29, 0.717) is 0 Å². The lowest BCUT2D eigenvalue weighted by atomic mass is 9.99. The maximum atomic E-state index is 3.42. The van der Waals surface area contributed by atoms with Crippen LogP contribution >= 0.6 is 0 Å². The van der Waals surface area contributed by atoms with Crippen LogP contribution in [-0.4, -0.2) is 0 Å². The van der Waals surface area contributed by atoms with Crippen LogP contribution in [0.2, 0.25) is 0 Å². The number of hydrogen-bond donors (Lipinski definition) is 0. The Morgan fingerprint density at radius 3 is 1.64 bits per heavy atom. The minimum absolute atomic E-state index is 1.01. The second-order valence-electron chi connectivity index (χ2n) is 9.53. The van der Waals surface area contributed by atoms with Crippen molar-refractivity contribution >= 4 is 10.8 Å². The van der Waals surface area contributed by atoms with Crippen LogP contribution in [0.25, 0.3) is 10.8 Å². The predicted molar refractivity (Wildman–Crippen MR) is 155 cm³/mol. The lowest BCUT2D eigenvalue weighted by molar-refractivity contribution is 0.794. The van der Waals surface area contributed by atoms with Gasteiger partial charge in [0.15, 0.2) is 0 Å². The first kappa shape index (κ1) is 25.4. The molecule has 4 aromatic carbocycles. The number of unbranched alkanes of at least 4 members (excludes halogenated alkanes) is 2. The van der Waals surface area contributed by atoms with E-state index in [1.54, 1.807) is 0 Å². The fourth-order valence-corrected chi connectivity index (χ4v) is 4.42. The van der Waals surface area contributed by atoms with Gasteiger partial charge in [-0.25, -0.2) is 0 Å². The van der Waals surface area contributed by atoms with E-state index in [4.69, 9.17) is 0 Å². The SMILES string of the molecule is CCCCc1ccc(C#Cc2ccc3cc(C#Cc4ccc(CCCC)cc4CC)ccc3c2)cc1. The minimum atomic E-state index is 1.01. The quantitative estimate of drug-likeness (QED) is 0.238. The Balaban J connectivity index is 1.49. The van der Waals surface area contributed by atoms with Crippen molar-refractivity contribution in [2.45, 2.75) is 65.7 Å². The molecule has 0 saturated heterocycles. The van der Waals surface area contributed by atoms with Crippen LogP contribution in [0.4, 0.5) is 0 Å². The van der Waals surface area contributed by atoms with Crippen molar-refractivity contribution in [1.29, 1.82) is 0 Å². The Morgan fingerprint density at radius 2 is 1.03 bits per heavy atom. The summed E-state index contributed by atoms with van der Waals surface area (Å²) in [5.41, 5.74) is 8.44. The molecule has 0 aliphatic heterocycles. The summed E-state index contributed by atoms with van der Waals surface area (Å²) in [6.45, 7) is 6.68. The van der Waals surface area contributed by atoms with E-state index in [0.717, 1.165) is 41.5 Å². The first-order valence-corrected chi connectivity index (χ1v) is 13.5. The molecule has 0 heteroatoms. The molecule has 0 spiro atoms. The molecular weight excluding hydrogens is 432 g/mol. The topological polar surface area (TPSA) is 0 Å². The fraction of sp³-hybridized carbons (Fsp3) is 0.278. The second-order valence-corrected chi connectivity index (χ2v) is 9.53. The van der Waals surface area contributed by atoms with Crippen molar-refractivity contribution in [1.82, 2.24) is 0 Å². The molecule has 0 aromatic heterocycles. The van der Waals surface area contributed by atoms with E-state index in [1.165, 1.54) is 53.1 Å². The van der Waals surface area contributed by atoms with Gasteiger partial charge in [0, 0.05) is 22.3 Å². The molecule has 0 radical (unpaired) electrons. The molecule has 0 aliphatic carbocycles. The summed E-state index contributed by atoms with van der Waals surface area (Å²) in [5, 5.41) is 2.38. The highest BCUT2D eigenvalue weighted by Gasteiger charge is 2.02. The number of aryl methyl sites for hydroxylation is 3. The van der Waals surface area contributed by atoms with E-state index in [9.17, 15) is 0 Å². The highest BCUT2D eigenvalue weighted by Crippen LogP contribution is 2.19. The maximum Gasteiger partial charge on any atom is 0.0281 e. The van der Waals surface area contributed by atoms with E-state index in [-0.39, 0.29) is 0 Å². The molecule has 0 amide bonds. The predicted octanol–water partition coefficient (Wildman–Crippen LogP) is 8.89. The zero-order valence-electron chi connectivity index (χ0n) is 22.0. The van der Waals surface area contributed by atoms with Crippen LogP contribution < -0.4 is 0 Å². The second kappa shape index (κ2) is 12.8. The summed E-state index contributed by atoms with van der Waals surface area (Å²) in [6, 6.07) is 28.3. The normalized spacial score (nSPS) is 10.4. The van der Waals surface area contributed by atoms with E-state index >= 15 is 0 Å². The Morgan fingerprint density at radius 1 is 0.500 bits per heavy atom. The summed E-state index contributed by atoms with van der Waals surface area (Å²) in [7, 11) is 0. The van der Waals surface area contributed by atoms with Gasteiger partial charge >= 0.3 is 0 Å². The molecule has 0 N–H and O–H groups in total. The summed E-state index contributed by atoms with van der Waals surface area (Å²) in [6.07, 6.45) is 8.24. The monoisotopic (exact) mass is 468 g/mol. The standard InChI is InChI=1S/C36H36/c1-4-7-9-28-11-13-29(14-12-28)15-16-31-19-23-36-27-32(20-24-35(36)26-31)18-22-34-21-17-30(10-8-5-2)25-33(34)6-3/h11-14,17,19-21,23-27H,4-10H2,1-3H3. The molecular formula is C36H36. The van der Waals surface area contributed by atoms with Crippen LogP contribution in [0.1, 0.15) is 85.4 Å². The van der Waals surface area contributed by atoms with E-state index < -0.39 is 0 Å². The maximum absolute atomic E-state index is 3.42. The molecule has 0 atom stereocenters. The zero-order valence-corrected chi connectivity index (χ0v) is 22.0. The number of hydrogen-bond acceptors (Lipinski definition) is 0. The molecule has 180 valence electrons. The van der Waals surface area contributed by atoms with Gasteiger partial charge in [0.2, 0.25) is 0 Å². The Labute approximate surface area is 217 Å². The Bertz CT molecular complexity index is 1430. The molecule has 0 heterocycles. The number of benzene rings is 4. The van der Waals surface area contributed by atoms with Gasteiger partial charge in [-0.1, -0.05) is 93.7 Å². The van der Waals surface area contributed by atoms with Crippen molar-refractivity contribution in [2.75, 3.05) is 0 Å². The highest BCUT2D eigenvalue weighted by atomic mass is 14.1. The van der Waals surface area contributed by atoms with Crippen molar-refractivity contribution in [3.05, 3.63) is 118 Å². The van der Waals surface area contributed by atoms with Crippen LogP contribution in [0.5, 0.6) is 0 Å². The van der Waals surface area contributed by atoms with Crippen LogP contribution in [0, 0.1) is 23.7 Å². The van der Waals surface area contributed by atoms with Crippen molar-refractivity contribution < 1.29 is 0 Å². The first-order valence-electron chi connectivity index (χ1n) is 13.5. The largest absolute Gasteiger partial charge is 0.0654 e. The van der Waals surface area contributed by atoms with E-state index in [2.05, 4.69) is 123 Å². The van der Waals surface area contributed by atoms with Gasteiger partial charge in [-0.05, 0) is 102 Å². The van der Waals surface area contributed by atoms with Crippen molar-refractivity contribution in [3.63, 3.8) is 0 Å². The van der Waals surface area contributed by atoms with Gasteiger partial charge in [-0.2, -0.15) is 0 Å². The Hall–Kier alpha value is -3.74. The molecule has 4 aromatic rings. The Kier molecular flexibility index (Phi) is 9.03. The van der Waals surface area contributed by atoms with Gasteiger partial charge in [0.25, 0.3) is 0 Å². The molecule has 0 nitrogen and oxygen atoms in total. The van der Waals surface area contributed by atoms with Gasteiger partial charge < -0.3 is 0 Å². The smallest absolute Gasteiger partial charge is 0.0281 e. The average molecular weight is 469 g/mol. The summed E-state index contributed by atoms with van der Waals surface area (Å²) >= 11 is 0. The molecule has 0 saturated carbocycles. The molecule has 4 rings (SSSR count). The molecule has 36 heavy (non-hydrogen) atoms.